The Hall–Kier alpha value is -3.95. The Kier molecular flexibility index (Phi) is 6.35. The number of halogens is 4. The first-order valence-electron chi connectivity index (χ1n) is 11.0. The number of amides is 2. The second kappa shape index (κ2) is 9.49. The molecule has 2 heterocycles. The zero-order valence-corrected chi connectivity index (χ0v) is 20.5. The minimum absolute atomic E-state index is 0.100. The van der Waals surface area contributed by atoms with Gasteiger partial charge < -0.3 is 4.57 Å². The average Bonchev–Trinajstić information content (AvgIpc) is 3.20. The van der Waals surface area contributed by atoms with E-state index in [1.165, 1.54) is 18.2 Å². The zero-order chi connectivity index (χ0) is 26.3. The van der Waals surface area contributed by atoms with Crippen LogP contribution in [0.4, 0.5) is 18.9 Å². The van der Waals surface area contributed by atoms with Crippen molar-refractivity contribution in [2.45, 2.75) is 12.7 Å². The number of anilines is 1. The Morgan fingerprint density at radius 1 is 0.973 bits per heavy atom. The fourth-order valence-electron chi connectivity index (χ4n) is 4.20. The van der Waals surface area contributed by atoms with Gasteiger partial charge in [-0.3, -0.25) is 19.8 Å². The van der Waals surface area contributed by atoms with Gasteiger partial charge in [0, 0.05) is 34.2 Å². The Balaban J connectivity index is 1.57. The van der Waals surface area contributed by atoms with E-state index in [9.17, 15) is 22.8 Å². The second-order valence-corrected chi connectivity index (χ2v) is 9.12. The summed E-state index contributed by atoms with van der Waals surface area (Å²) in [5.41, 5.74) is 1.02. The number of nitrogens with one attached hydrogen (secondary N) is 1. The van der Waals surface area contributed by atoms with E-state index < -0.39 is 23.6 Å². The Morgan fingerprint density at radius 3 is 2.46 bits per heavy atom. The highest BCUT2D eigenvalue weighted by atomic mass is 35.5. The Labute approximate surface area is 219 Å². The molecule has 0 aliphatic carbocycles. The first kappa shape index (κ1) is 24.7. The number of hydrogen-bond acceptors (Lipinski definition) is 3. The van der Waals surface area contributed by atoms with E-state index in [4.69, 9.17) is 23.8 Å². The molecule has 1 aliphatic rings. The lowest BCUT2D eigenvalue weighted by atomic mass is 10.1. The van der Waals surface area contributed by atoms with Gasteiger partial charge in [-0.2, -0.15) is 13.2 Å². The molecule has 186 valence electrons. The van der Waals surface area contributed by atoms with Crippen LogP contribution in [0.3, 0.4) is 0 Å². The molecule has 1 saturated heterocycles. The lowest BCUT2D eigenvalue weighted by Gasteiger charge is -2.29. The summed E-state index contributed by atoms with van der Waals surface area (Å²) in [5.74, 6) is -1.56. The maximum absolute atomic E-state index is 13.4. The van der Waals surface area contributed by atoms with Crippen LogP contribution in [0.2, 0.25) is 5.02 Å². The summed E-state index contributed by atoms with van der Waals surface area (Å²) in [6.45, 7) is 0.448. The Bertz CT molecular complexity index is 1610. The van der Waals surface area contributed by atoms with Gasteiger partial charge in [0.15, 0.2) is 5.11 Å². The lowest BCUT2D eigenvalue weighted by Crippen LogP contribution is -2.54. The van der Waals surface area contributed by atoms with Gasteiger partial charge in [0.2, 0.25) is 0 Å². The van der Waals surface area contributed by atoms with Crippen molar-refractivity contribution in [1.29, 1.82) is 0 Å². The molecule has 0 radical (unpaired) electrons. The van der Waals surface area contributed by atoms with Crippen molar-refractivity contribution in [3.63, 3.8) is 0 Å². The maximum Gasteiger partial charge on any atom is 0.416 e. The van der Waals surface area contributed by atoms with Gasteiger partial charge in [-0.05, 0) is 54.2 Å². The van der Waals surface area contributed by atoms with Crippen molar-refractivity contribution in [1.82, 2.24) is 9.88 Å². The van der Waals surface area contributed by atoms with Crippen LogP contribution in [0.5, 0.6) is 0 Å². The summed E-state index contributed by atoms with van der Waals surface area (Å²) >= 11 is 11.5. The van der Waals surface area contributed by atoms with Crippen LogP contribution in [0.15, 0.2) is 84.6 Å². The monoisotopic (exact) mass is 539 g/mol. The molecule has 0 bridgehead atoms. The van der Waals surface area contributed by atoms with Crippen molar-refractivity contribution >= 4 is 63.4 Å². The van der Waals surface area contributed by atoms with Crippen LogP contribution in [0.25, 0.3) is 17.0 Å². The van der Waals surface area contributed by atoms with E-state index >= 15 is 0 Å². The maximum atomic E-state index is 13.4. The molecule has 2 amide bonds. The molecule has 0 saturated carbocycles. The summed E-state index contributed by atoms with van der Waals surface area (Å²) in [6, 6.07) is 19.1. The van der Waals surface area contributed by atoms with Crippen LogP contribution >= 0.6 is 23.8 Å². The van der Waals surface area contributed by atoms with Crippen LogP contribution in [0.1, 0.15) is 16.7 Å². The van der Waals surface area contributed by atoms with Gasteiger partial charge in [-0.15, -0.1) is 0 Å². The standard InChI is InChI=1S/C27H17ClF3N3O2S/c28-22-10-3-1-6-16(22)14-33-15-17(20-9-2-4-11-23(20)33)12-21-24(35)32-26(37)34(25(21)36)19-8-5-7-18(13-19)27(29,30)31/h1-13,15H,14H2,(H,32,35,37)/b21-12+. The molecule has 0 atom stereocenters. The van der Waals surface area contributed by atoms with Crippen LogP contribution in [0, 0.1) is 0 Å². The molecule has 37 heavy (non-hydrogen) atoms. The molecule has 1 fully saturated rings. The van der Waals surface area contributed by atoms with E-state index in [2.05, 4.69) is 5.32 Å². The largest absolute Gasteiger partial charge is 0.416 e. The highest BCUT2D eigenvalue weighted by Crippen LogP contribution is 2.33. The highest BCUT2D eigenvalue weighted by Gasteiger charge is 2.36. The normalized spacial score (nSPS) is 15.5. The molecular formula is C27H17ClF3N3O2S. The van der Waals surface area contributed by atoms with Gasteiger partial charge in [-0.1, -0.05) is 54.1 Å². The quantitative estimate of drug-likeness (QED) is 0.191. The second-order valence-electron chi connectivity index (χ2n) is 8.33. The minimum atomic E-state index is -4.61. The number of carbonyl (C=O) groups is 2. The van der Waals surface area contributed by atoms with Crippen molar-refractivity contribution in [2.24, 2.45) is 0 Å². The summed E-state index contributed by atoms with van der Waals surface area (Å²) in [5, 5.41) is 3.50. The molecular weight excluding hydrogens is 523 g/mol. The van der Waals surface area contributed by atoms with Crippen molar-refractivity contribution < 1.29 is 22.8 Å². The van der Waals surface area contributed by atoms with Crippen LogP contribution in [-0.2, 0) is 22.3 Å². The number of benzene rings is 3. The van der Waals surface area contributed by atoms with E-state index in [1.807, 2.05) is 47.0 Å². The third-order valence-electron chi connectivity index (χ3n) is 5.95. The van der Waals surface area contributed by atoms with Crippen LogP contribution < -0.4 is 10.2 Å². The van der Waals surface area contributed by atoms with E-state index in [0.29, 0.717) is 17.1 Å². The number of thiocarbonyl (C=S) groups is 1. The molecule has 3 aromatic carbocycles. The van der Waals surface area contributed by atoms with Crippen LogP contribution in [-0.4, -0.2) is 21.5 Å². The van der Waals surface area contributed by atoms with Crippen molar-refractivity contribution in [3.05, 3.63) is 106 Å². The zero-order valence-electron chi connectivity index (χ0n) is 18.9. The fourth-order valence-corrected chi connectivity index (χ4v) is 4.68. The number of aromatic nitrogens is 1. The third kappa shape index (κ3) is 4.75. The number of hydrogen-bond donors (Lipinski definition) is 1. The number of alkyl halides is 3. The number of para-hydroxylation sites is 1. The van der Waals surface area contributed by atoms with E-state index in [0.717, 1.165) is 33.5 Å². The van der Waals surface area contributed by atoms with E-state index in [1.54, 1.807) is 12.3 Å². The summed E-state index contributed by atoms with van der Waals surface area (Å²) in [6.07, 6.45) is -1.39. The fraction of sp³-hybridized carbons (Fsp3) is 0.0741. The van der Waals surface area contributed by atoms with Gasteiger partial charge in [0.1, 0.15) is 5.57 Å². The van der Waals surface area contributed by atoms with Gasteiger partial charge in [0.05, 0.1) is 11.3 Å². The molecule has 10 heteroatoms. The topological polar surface area (TPSA) is 54.3 Å². The first-order chi connectivity index (χ1) is 17.6. The van der Waals surface area contributed by atoms with Gasteiger partial charge in [-0.25, -0.2) is 0 Å². The highest BCUT2D eigenvalue weighted by molar-refractivity contribution is 7.80. The molecule has 0 spiro atoms. The number of carbonyl (C=O) groups excluding carboxylic acids is 2. The molecule has 1 N–H and O–H groups in total. The number of nitrogens with zero attached hydrogens (tertiary/aromatic N) is 2. The summed E-state index contributed by atoms with van der Waals surface area (Å²) < 4.78 is 41.7. The van der Waals surface area contributed by atoms with Gasteiger partial charge >= 0.3 is 6.18 Å². The third-order valence-corrected chi connectivity index (χ3v) is 6.60. The first-order valence-corrected chi connectivity index (χ1v) is 11.8. The van der Waals surface area contributed by atoms with E-state index in [-0.39, 0.29) is 16.4 Å². The molecule has 1 aliphatic heterocycles. The number of rotatable bonds is 4. The molecule has 5 rings (SSSR count). The summed E-state index contributed by atoms with van der Waals surface area (Å²) in [7, 11) is 0. The predicted molar refractivity (Wildman–Crippen MR) is 140 cm³/mol. The number of fused-ring (bicyclic) bond motifs is 1. The van der Waals surface area contributed by atoms with Crippen molar-refractivity contribution in [3.8, 4) is 0 Å². The SMILES string of the molecule is O=C1NC(=S)N(c2cccc(C(F)(F)F)c2)C(=O)/C1=C/c1cn(Cc2ccccc2Cl)c2ccccc12. The minimum Gasteiger partial charge on any atom is -0.342 e. The molecule has 4 aromatic rings. The smallest absolute Gasteiger partial charge is 0.342 e. The lowest BCUT2D eigenvalue weighted by molar-refractivity contribution is -0.137. The Morgan fingerprint density at radius 2 is 1.70 bits per heavy atom. The molecule has 5 nitrogen and oxygen atoms in total. The molecule has 1 aromatic heterocycles. The predicted octanol–water partition coefficient (Wildman–Crippen LogP) is 6.19. The summed E-state index contributed by atoms with van der Waals surface area (Å²) in [4.78, 5) is 27.1. The average molecular weight is 540 g/mol. The van der Waals surface area contributed by atoms with Crippen molar-refractivity contribution in [2.75, 3.05) is 4.90 Å². The molecule has 0 unspecified atom stereocenters. The van der Waals surface area contributed by atoms with Gasteiger partial charge in [0.25, 0.3) is 11.8 Å².